The highest BCUT2D eigenvalue weighted by Gasteiger charge is 2.13. The molecule has 0 aliphatic rings. The Balaban J connectivity index is 2.56. The number of rotatable bonds is 3. The van der Waals surface area contributed by atoms with E-state index in [1.807, 2.05) is 0 Å². The molecule has 0 saturated carbocycles. The highest BCUT2D eigenvalue weighted by atomic mass is 16.4. The molecule has 0 amide bonds. The number of hydrogen-bond donors (Lipinski definition) is 3. The van der Waals surface area contributed by atoms with Crippen LogP contribution in [0.1, 0.15) is 18.3 Å². The maximum atomic E-state index is 10.1. The number of nitrogens with one attached hydrogen (secondary N) is 1. The molecule has 0 bridgehead atoms. The fourth-order valence-electron chi connectivity index (χ4n) is 0.638. The summed E-state index contributed by atoms with van der Waals surface area (Å²) in [7, 11) is 0. The summed E-state index contributed by atoms with van der Waals surface area (Å²) in [4.78, 5) is 13.7. The first-order valence-electron chi connectivity index (χ1n) is 2.95. The lowest BCUT2D eigenvalue weighted by Gasteiger charge is -2.01. The first-order valence-corrected chi connectivity index (χ1v) is 2.95. The molecule has 0 aliphatic heterocycles. The van der Waals surface area contributed by atoms with Gasteiger partial charge in [-0.15, -0.1) is 0 Å². The van der Waals surface area contributed by atoms with Gasteiger partial charge in [-0.25, -0.2) is 4.98 Å². The molecule has 0 radical (unpaired) electrons. The van der Waals surface area contributed by atoms with E-state index in [0.29, 0.717) is 0 Å². The van der Waals surface area contributed by atoms with Crippen LogP contribution in [0.15, 0.2) is 6.33 Å². The number of nitrogens with zero attached hydrogens (tertiary/aromatic N) is 2. The second kappa shape index (κ2) is 3.11. The molecule has 1 rings (SSSR count). The van der Waals surface area contributed by atoms with Crippen LogP contribution >= 0.6 is 0 Å². The number of aliphatic carboxylic acids is 1. The molecule has 6 heteroatoms. The SMILES string of the molecule is O=C(O)C[C@H](O)c1ncn[nH]1. The Kier molecular flexibility index (Phi) is 2.17. The smallest absolute Gasteiger partial charge is 0.306 e. The largest absolute Gasteiger partial charge is 0.481 e. The Bertz CT molecular complexity index is 233. The number of aromatic nitrogens is 3. The topological polar surface area (TPSA) is 99.1 Å². The lowest BCUT2D eigenvalue weighted by atomic mass is 10.2. The molecule has 1 aromatic rings. The lowest BCUT2D eigenvalue weighted by Crippen LogP contribution is -2.06. The Morgan fingerprint density at radius 1 is 1.82 bits per heavy atom. The van der Waals surface area contributed by atoms with Crippen LogP contribution in [-0.4, -0.2) is 31.4 Å². The molecule has 1 heterocycles. The molecule has 0 aromatic carbocycles. The monoisotopic (exact) mass is 157 g/mol. The normalized spacial score (nSPS) is 12.8. The Labute approximate surface area is 61.9 Å². The number of hydrogen-bond acceptors (Lipinski definition) is 4. The maximum absolute atomic E-state index is 10.1. The standard InChI is InChI=1S/C5H7N3O3/c9-3(1-4(10)11)5-6-2-7-8-5/h2-3,9H,1H2,(H,10,11)(H,6,7,8)/t3-/m0/s1. The number of H-pyrrole nitrogens is 1. The van der Waals surface area contributed by atoms with Gasteiger partial charge in [-0.05, 0) is 0 Å². The Hall–Kier alpha value is -1.43. The van der Waals surface area contributed by atoms with Crippen molar-refractivity contribution in [2.24, 2.45) is 0 Å². The molecule has 1 atom stereocenters. The van der Waals surface area contributed by atoms with Gasteiger partial charge in [-0.1, -0.05) is 0 Å². The number of aliphatic hydroxyl groups excluding tert-OH is 1. The van der Waals surface area contributed by atoms with E-state index in [4.69, 9.17) is 10.2 Å². The van der Waals surface area contributed by atoms with E-state index >= 15 is 0 Å². The fraction of sp³-hybridized carbons (Fsp3) is 0.400. The summed E-state index contributed by atoms with van der Waals surface area (Å²) in [6.45, 7) is 0. The summed E-state index contributed by atoms with van der Waals surface area (Å²) in [5.41, 5.74) is 0. The summed E-state index contributed by atoms with van der Waals surface area (Å²) < 4.78 is 0. The van der Waals surface area contributed by atoms with E-state index in [1.165, 1.54) is 6.33 Å². The van der Waals surface area contributed by atoms with E-state index in [2.05, 4.69) is 15.2 Å². The van der Waals surface area contributed by atoms with E-state index in [0.717, 1.165) is 0 Å². The Morgan fingerprint density at radius 3 is 3.00 bits per heavy atom. The molecule has 6 nitrogen and oxygen atoms in total. The van der Waals surface area contributed by atoms with Gasteiger partial charge >= 0.3 is 5.97 Å². The van der Waals surface area contributed by atoms with Crippen molar-refractivity contribution in [3.63, 3.8) is 0 Å². The van der Waals surface area contributed by atoms with Crippen molar-refractivity contribution in [3.05, 3.63) is 12.2 Å². The average Bonchev–Trinajstić information content (AvgIpc) is 2.35. The van der Waals surface area contributed by atoms with E-state index in [9.17, 15) is 4.79 Å². The van der Waals surface area contributed by atoms with Crippen molar-refractivity contribution in [1.29, 1.82) is 0 Å². The van der Waals surface area contributed by atoms with Gasteiger partial charge < -0.3 is 10.2 Å². The number of aliphatic hydroxyl groups is 1. The Morgan fingerprint density at radius 2 is 2.55 bits per heavy atom. The predicted molar refractivity (Wildman–Crippen MR) is 33.6 cm³/mol. The average molecular weight is 157 g/mol. The number of aromatic amines is 1. The summed E-state index contributed by atoms with van der Waals surface area (Å²) in [5, 5.41) is 23.2. The summed E-state index contributed by atoms with van der Waals surface area (Å²) in [6, 6.07) is 0. The van der Waals surface area contributed by atoms with E-state index in [-0.39, 0.29) is 12.2 Å². The van der Waals surface area contributed by atoms with Crippen molar-refractivity contribution < 1.29 is 15.0 Å². The van der Waals surface area contributed by atoms with E-state index in [1.54, 1.807) is 0 Å². The molecule has 60 valence electrons. The molecular weight excluding hydrogens is 150 g/mol. The van der Waals surface area contributed by atoms with Crippen LogP contribution in [0.5, 0.6) is 0 Å². The van der Waals surface area contributed by atoms with Crippen molar-refractivity contribution >= 4 is 5.97 Å². The molecule has 11 heavy (non-hydrogen) atoms. The highest BCUT2D eigenvalue weighted by Crippen LogP contribution is 2.09. The first kappa shape index (κ1) is 7.67. The van der Waals surface area contributed by atoms with Crippen LogP contribution in [-0.2, 0) is 4.79 Å². The maximum Gasteiger partial charge on any atom is 0.306 e. The first-order chi connectivity index (χ1) is 5.20. The number of carbonyl (C=O) groups is 1. The van der Waals surface area contributed by atoms with Crippen molar-refractivity contribution in [2.45, 2.75) is 12.5 Å². The van der Waals surface area contributed by atoms with Gasteiger partial charge in [0, 0.05) is 0 Å². The quantitative estimate of drug-likeness (QED) is 0.539. The summed E-state index contributed by atoms with van der Waals surface area (Å²) >= 11 is 0. The lowest BCUT2D eigenvalue weighted by molar-refractivity contribution is -0.139. The van der Waals surface area contributed by atoms with Crippen LogP contribution in [0.3, 0.4) is 0 Å². The molecule has 1 aromatic heterocycles. The van der Waals surface area contributed by atoms with Crippen LogP contribution in [0.2, 0.25) is 0 Å². The van der Waals surface area contributed by atoms with Crippen molar-refractivity contribution in [3.8, 4) is 0 Å². The van der Waals surface area contributed by atoms with Crippen LogP contribution in [0, 0.1) is 0 Å². The molecule has 0 aliphatic carbocycles. The summed E-state index contributed by atoms with van der Waals surface area (Å²) in [6.07, 6.45) is -0.259. The van der Waals surface area contributed by atoms with Gasteiger partial charge in [0.2, 0.25) is 0 Å². The molecule has 0 spiro atoms. The van der Waals surface area contributed by atoms with Gasteiger partial charge in [0.15, 0.2) is 5.82 Å². The van der Waals surface area contributed by atoms with Crippen LogP contribution < -0.4 is 0 Å². The highest BCUT2D eigenvalue weighted by molar-refractivity contribution is 5.67. The molecule has 3 N–H and O–H groups in total. The molecule has 0 unspecified atom stereocenters. The molecular formula is C5H7N3O3. The predicted octanol–water partition coefficient (Wildman–Crippen LogP) is -0.687. The second-order valence-electron chi connectivity index (χ2n) is 1.98. The fourth-order valence-corrected chi connectivity index (χ4v) is 0.638. The molecule has 0 fully saturated rings. The minimum Gasteiger partial charge on any atom is -0.481 e. The van der Waals surface area contributed by atoms with E-state index < -0.39 is 12.1 Å². The zero-order chi connectivity index (χ0) is 8.27. The van der Waals surface area contributed by atoms with Gasteiger partial charge in [-0.3, -0.25) is 9.89 Å². The third-order valence-electron chi connectivity index (χ3n) is 1.12. The van der Waals surface area contributed by atoms with Gasteiger partial charge in [0.05, 0.1) is 6.42 Å². The zero-order valence-electron chi connectivity index (χ0n) is 5.56. The van der Waals surface area contributed by atoms with Crippen LogP contribution in [0.4, 0.5) is 0 Å². The summed E-state index contributed by atoms with van der Waals surface area (Å²) in [5.74, 6) is -0.902. The molecule has 0 saturated heterocycles. The third kappa shape index (κ3) is 2.01. The van der Waals surface area contributed by atoms with Crippen LogP contribution in [0.25, 0.3) is 0 Å². The van der Waals surface area contributed by atoms with Gasteiger partial charge in [-0.2, -0.15) is 5.10 Å². The number of carboxylic acids is 1. The van der Waals surface area contributed by atoms with Gasteiger partial charge in [0.25, 0.3) is 0 Å². The van der Waals surface area contributed by atoms with Crippen molar-refractivity contribution in [2.75, 3.05) is 0 Å². The van der Waals surface area contributed by atoms with Gasteiger partial charge in [0.1, 0.15) is 12.4 Å². The second-order valence-corrected chi connectivity index (χ2v) is 1.98. The van der Waals surface area contributed by atoms with Crippen molar-refractivity contribution in [1.82, 2.24) is 15.2 Å². The minimum absolute atomic E-state index is 0.174. The zero-order valence-corrected chi connectivity index (χ0v) is 5.56. The third-order valence-corrected chi connectivity index (χ3v) is 1.12. The number of carboxylic acid groups (broad SMARTS) is 1. The minimum atomic E-state index is -1.10.